The zero-order valence-corrected chi connectivity index (χ0v) is 10.4. The lowest BCUT2D eigenvalue weighted by atomic mass is 10.2. The largest absolute Gasteiger partial charge is 0.354 e. The van der Waals surface area contributed by atoms with Gasteiger partial charge in [-0.25, -0.2) is 0 Å². The van der Waals surface area contributed by atoms with E-state index in [4.69, 9.17) is 0 Å². The first kappa shape index (κ1) is 12.3. The molecule has 1 amide bonds. The number of aromatic nitrogens is 1. The number of carbonyl (C=O) groups excluding carboxylic acids is 1. The molecule has 0 saturated carbocycles. The standard InChI is InChI=1S/C11H17BrN2O/c12-6-2-1-5-11(15)13-7-10-14-8-3-4-9-14/h3-4,8-9H,1-2,5-7,10H2,(H,13,15). The second kappa shape index (κ2) is 7.51. The van der Waals surface area contributed by atoms with E-state index in [9.17, 15) is 4.79 Å². The van der Waals surface area contributed by atoms with Crippen molar-refractivity contribution in [2.45, 2.75) is 25.8 Å². The van der Waals surface area contributed by atoms with Crippen LogP contribution in [0.5, 0.6) is 0 Å². The lowest BCUT2D eigenvalue weighted by Crippen LogP contribution is -2.26. The first-order valence-electron chi connectivity index (χ1n) is 5.26. The van der Waals surface area contributed by atoms with Crippen LogP contribution in [-0.2, 0) is 11.3 Å². The Hall–Kier alpha value is -0.770. The van der Waals surface area contributed by atoms with Crippen LogP contribution in [0.15, 0.2) is 24.5 Å². The lowest BCUT2D eigenvalue weighted by Gasteiger charge is -2.05. The molecule has 0 aliphatic carbocycles. The highest BCUT2D eigenvalue weighted by Crippen LogP contribution is 1.98. The van der Waals surface area contributed by atoms with Gasteiger partial charge in [0.1, 0.15) is 0 Å². The van der Waals surface area contributed by atoms with Gasteiger partial charge in [-0.15, -0.1) is 0 Å². The third kappa shape index (κ3) is 5.62. The minimum Gasteiger partial charge on any atom is -0.354 e. The van der Waals surface area contributed by atoms with Crippen molar-refractivity contribution in [3.8, 4) is 0 Å². The van der Waals surface area contributed by atoms with Crippen molar-refractivity contribution in [1.82, 2.24) is 9.88 Å². The van der Waals surface area contributed by atoms with E-state index in [0.717, 1.165) is 24.7 Å². The van der Waals surface area contributed by atoms with E-state index in [0.29, 0.717) is 13.0 Å². The molecule has 0 atom stereocenters. The normalized spacial score (nSPS) is 10.2. The Morgan fingerprint density at radius 1 is 1.27 bits per heavy atom. The number of halogens is 1. The first-order chi connectivity index (χ1) is 7.33. The van der Waals surface area contributed by atoms with Crippen LogP contribution in [0.1, 0.15) is 19.3 Å². The summed E-state index contributed by atoms with van der Waals surface area (Å²) in [4.78, 5) is 11.3. The van der Waals surface area contributed by atoms with Crippen molar-refractivity contribution in [3.05, 3.63) is 24.5 Å². The number of nitrogens with one attached hydrogen (secondary N) is 1. The van der Waals surface area contributed by atoms with Crippen LogP contribution in [0.2, 0.25) is 0 Å². The Kier molecular flexibility index (Phi) is 6.16. The summed E-state index contributed by atoms with van der Waals surface area (Å²) in [6, 6.07) is 3.97. The van der Waals surface area contributed by atoms with Gasteiger partial charge < -0.3 is 9.88 Å². The average Bonchev–Trinajstić information content (AvgIpc) is 2.71. The third-order valence-corrected chi connectivity index (χ3v) is 2.71. The summed E-state index contributed by atoms with van der Waals surface area (Å²) in [5.41, 5.74) is 0. The van der Waals surface area contributed by atoms with E-state index in [2.05, 4.69) is 25.8 Å². The van der Waals surface area contributed by atoms with Crippen LogP contribution in [0.4, 0.5) is 0 Å². The summed E-state index contributed by atoms with van der Waals surface area (Å²) in [6.07, 6.45) is 6.65. The molecule has 0 spiro atoms. The minimum absolute atomic E-state index is 0.156. The molecule has 1 heterocycles. The highest BCUT2D eigenvalue weighted by Gasteiger charge is 1.99. The Morgan fingerprint density at radius 2 is 2.00 bits per heavy atom. The van der Waals surface area contributed by atoms with E-state index in [1.807, 2.05) is 24.5 Å². The molecule has 0 unspecified atom stereocenters. The summed E-state index contributed by atoms with van der Waals surface area (Å²) in [5, 5.41) is 3.88. The number of alkyl halides is 1. The van der Waals surface area contributed by atoms with E-state index >= 15 is 0 Å². The second-order valence-corrected chi connectivity index (χ2v) is 4.21. The topological polar surface area (TPSA) is 34.0 Å². The molecular weight excluding hydrogens is 256 g/mol. The van der Waals surface area contributed by atoms with Gasteiger partial charge in [0.15, 0.2) is 0 Å². The van der Waals surface area contributed by atoms with Crippen LogP contribution in [-0.4, -0.2) is 22.3 Å². The van der Waals surface area contributed by atoms with Gasteiger partial charge in [-0.05, 0) is 25.0 Å². The Balaban J connectivity index is 2.02. The van der Waals surface area contributed by atoms with Crippen LogP contribution in [0, 0.1) is 0 Å². The summed E-state index contributed by atoms with van der Waals surface area (Å²) in [6.45, 7) is 1.55. The Labute approximate surface area is 99.0 Å². The average molecular weight is 273 g/mol. The fraction of sp³-hybridized carbons (Fsp3) is 0.545. The van der Waals surface area contributed by atoms with Crippen molar-refractivity contribution in [2.24, 2.45) is 0 Å². The number of hydrogen-bond donors (Lipinski definition) is 1. The summed E-state index contributed by atoms with van der Waals surface area (Å²) in [7, 11) is 0. The van der Waals surface area contributed by atoms with Crippen molar-refractivity contribution >= 4 is 21.8 Å². The summed E-state index contributed by atoms with van der Waals surface area (Å²) >= 11 is 3.34. The molecule has 0 aliphatic heterocycles. The molecule has 15 heavy (non-hydrogen) atoms. The molecule has 0 radical (unpaired) electrons. The van der Waals surface area contributed by atoms with E-state index < -0.39 is 0 Å². The molecule has 1 N–H and O–H groups in total. The molecule has 0 saturated heterocycles. The number of hydrogen-bond acceptors (Lipinski definition) is 1. The number of amides is 1. The van der Waals surface area contributed by atoms with Crippen LogP contribution in [0.3, 0.4) is 0 Å². The predicted octanol–water partition coefficient (Wildman–Crippen LogP) is 2.17. The molecule has 0 aromatic carbocycles. The van der Waals surface area contributed by atoms with Gasteiger partial charge in [0.25, 0.3) is 0 Å². The molecular formula is C11H17BrN2O. The number of nitrogens with zero attached hydrogens (tertiary/aromatic N) is 1. The quantitative estimate of drug-likeness (QED) is 0.599. The maximum Gasteiger partial charge on any atom is 0.220 e. The maximum atomic E-state index is 11.3. The lowest BCUT2D eigenvalue weighted by molar-refractivity contribution is -0.121. The highest BCUT2D eigenvalue weighted by atomic mass is 79.9. The smallest absolute Gasteiger partial charge is 0.220 e. The zero-order chi connectivity index (χ0) is 10.9. The number of rotatable bonds is 7. The SMILES string of the molecule is O=C(CCCCBr)NCCn1cccc1. The monoisotopic (exact) mass is 272 g/mol. The maximum absolute atomic E-state index is 11.3. The van der Waals surface area contributed by atoms with Crippen LogP contribution >= 0.6 is 15.9 Å². The fourth-order valence-corrected chi connectivity index (χ4v) is 1.71. The van der Waals surface area contributed by atoms with Crippen molar-refractivity contribution < 1.29 is 4.79 Å². The highest BCUT2D eigenvalue weighted by molar-refractivity contribution is 9.09. The zero-order valence-electron chi connectivity index (χ0n) is 8.79. The molecule has 84 valence electrons. The molecule has 3 nitrogen and oxygen atoms in total. The van der Waals surface area contributed by atoms with E-state index in [-0.39, 0.29) is 5.91 Å². The van der Waals surface area contributed by atoms with Gasteiger partial charge in [0.2, 0.25) is 5.91 Å². The number of carbonyl (C=O) groups is 1. The van der Waals surface area contributed by atoms with Gasteiger partial charge in [-0.1, -0.05) is 15.9 Å². The number of unbranched alkanes of at least 4 members (excludes halogenated alkanes) is 1. The van der Waals surface area contributed by atoms with Gasteiger partial charge in [0, 0.05) is 37.2 Å². The molecule has 0 aliphatic rings. The Morgan fingerprint density at radius 3 is 2.67 bits per heavy atom. The van der Waals surface area contributed by atoms with Crippen molar-refractivity contribution in [3.63, 3.8) is 0 Å². The first-order valence-corrected chi connectivity index (χ1v) is 6.38. The van der Waals surface area contributed by atoms with Gasteiger partial charge in [0.05, 0.1) is 0 Å². The molecule has 0 bridgehead atoms. The predicted molar refractivity (Wildman–Crippen MR) is 65.1 cm³/mol. The van der Waals surface area contributed by atoms with E-state index in [1.54, 1.807) is 0 Å². The minimum atomic E-state index is 0.156. The molecule has 1 aromatic rings. The van der Waals surface area contributed by atoms with Gasteiger partial charge in [-0.2, -0.15) is 0 Å². The second-order valence-electron chi connectivity index (χ2n) is 3.42. The van der Waals surface area contributed by atoms with Crippen LogP contribution < -0.4 is 5.32 Å². The molecule has 1 rings (SSSR count). The molecule has 4 heteroatoms. The molecule has 0 fully saturated rings. The Bertz CT molecular complexity index is 272. The van der Waals surface area contributed by atoms with E-state index in [1.165, 1.54) is 0 Å². The summed E-state index contributed by atoms with van der Waals surface area (Å²) < 4.78 is 2.05. The fourth-order valence-electron chi connectivity index (χ4n) is 1.31. The third-order valence-electron chi connectivity index (χ3n) is 2.15. The molecule has 1 aromatic heterocycles. The summed E-state index contributed by atoms with van der Waals surface area (Å²) in [5.74, 6) is 0.156. The van der Waals surface area contributed by atoms with Crippen LogP contribution in [0.25, 0.3) is 0 Å². The van der Waals surface area contributed by atoms with Gasteiger partial charge in [-0.3, -0.25) is 4.79 Å². The van der Waals surface area contributed by atoms with Crippen molar-refractivity contribution in [2.75, 3.05) is 11.9 Å². The van der Waals surface area contributed by atoms with Gasteiger partial charge >= 0.3 is 0 Å². The van der Waals surface area contributed by atoms with Crippen molar-refractivity contribution in [1.29, 1.82) is 0 Å².